The van der Waals surface area contributed by atoms with Gasteiger partial charge in [0.05, 0.1) is 5.56 Å². The fourth-order valence-corrected chi connectivity index (χ4v) is 1.54. The Morgan fingerprint density at radius 3 is 2.43 bits per heavy atom. The molecule has 2 rings (SSSR count). The second-order valence-electron chi connectivity index (χ2n) is 3.63. The number of benzene rings is 1. The van der Waals surface area contributed by atoms with Crippen LogP contribution in [0.15, 0.2) is 24.3 Å². The predicted molar refractivity (Wildman–Crippen MR) is 46.8 cm³/mol. The smallest absolute Gasteiger partial charge is 0.327 e. The Morgan fingerprint density at radius 1 is 1.29 bits per heavy atom. The maximum Gasteiger partial charge on any atom is 0.416 e. The average molecular weight is 201 g/mol. The molecular weight excluding hydrogens is 191 g/mol. The van der Waals surface area contributed by atoms with Crippen LogP contribution in [0.1, 0.15) is 23.5 Å². The van der Waals surface area contributed by atoms with E-state index in [1.54, 1.807) is 6.07 Å². The fraction of sp³-hybridized carbons (Fsp3) is 0.400. The van der Waals surface area contributed by atoms with E-state index in [9.17, 15) is 13.2 Å². The SMILES string of the molecule is N[C@@H]1C[C@@H]1c1cccc(C(F)(F)F)c1. The summed E-state index contributed by atoms with van der Waals surface area (Å²) in [5.74, 6) is 0.122. The van der Waals surface area contributed by atoms with Crippen LogP contribution < -0.4 is 5.73 Å². The van der Waals surface area contributed by atoms with Crippen molar-refractivity contribution < 1.29 is 13.2 Å². The van der Waals surface area contributed by atoms with Gasteiger partial charge in [0.2, 0.25) is 0 Å². The van der Waals surface area contributed by atoms with Crippen molar-refractivity contribution in [3.8, 4) is 0 Å². The third kappa shape index (κ3) is 1.75. The summed E-state index contributed by atoms with van der Waals surface area (Å²) in [5.41, 5.74) is 5.69. The van der Waals surface area contributed by atoms with Gasteiger partial charge < -0.3 is 5.73 Å². The Balaban J connectivity index is 2.28. The second-order valence-corrected chi connectivity index (χ2v) is 3.63. The van der Waals surface area contributed by atoms with E-state index in [2.05, 4.69) is 0 Å². The minimum Gasteiger partial charge on any atom is -0.327 e. The zero-order valence-corrected chi connectivity index (χ0v) is 7.38. The molecule has 0 saturated heterocycles. The molecule has 0 spiro atoms. The lowest BCUT2D eigenvalue weighted by Crippen LogP contribution is -2.06. The first-order valence-corrected chi connectivity index (χ1v) is 4.41. The molecule has 0 heterocycles. The van der Waals surface area contributed by atoms with Gasteiger partial charge >= 0.3 is 6.18 Å². The lowest BCUT2D eigenvalue weighted by atomic mass is 10.1. The van der Waals surface area contributed by atoms with Crippen molar-refractivity contribution in [3.63, 3.8) is 0 Å². The molecule has 1 saturated carbocycles. The Hall–Kier alpha value is -1.03. The molecule has 1 aliphatic carbocycles. The van der Waals surface area contributed by atoms with E-state index in [4.69, 9.17) is 5.73 Å². The predicted octanol–water partition coefficient (Wildman–Crippen LogP) is 2.52. The number of rotatable bonds is 1. The molecule has 0 radical (unpaired) electrons. The van der Waals surface area contributed by atoms with E-state index in [-0.39, 0.29) is 12.0 Å². The standard InChI is InChI=1S/C10H10F3N/c11-10(12,13)7-3-1-2-6(4-7)8-5-9(8)14/h1-4,8-9H,5,14H2/t8-,9-/m1/s1. The van der Waals surface area contributed by atoms with Crippen LogP contribution in [0.5, 0.6) is 0 Å². The molecule has 0 amide bonds. The minimum absolute atomic E-state index is 0.0403. The highest BCUT2D eigenvalue weighted by molar-refractivity contribution is 5.32. The monoisotopic (exact) mass is 201 g/mol. The highest BCUT2D eigenvalue weighted by atomic mass is 19.4. The van der Waals surface area contributed by atoms with Crippen molar-refractivity contribution in [2.45, 2.75) is 24.6 Å². The first-order chi connectivity index (χ1) is 6.48. The second kappa shape index (κ2) is 2.98. The number of alkyl halides is 3. The van der Waals surface area contributed by atoms with Gasteiger partial charge in [0.25, 0.3) is 0 Å². The number of halogens is 3. The van der Waals surface area contributed by atoms with Crippen molar-refractivity contribution in [3.05, 3.63) is 35.4 Å². The van der Waals surface area contributed by atoms with Gasteiger partial charge in [0, 0.05) is 12.0 Å². The molecule has 2 atom stereocenters. The molecule has 0 bridgehead atoms. The number of hydrogen-bond acceptors (Lipinski definition) is 1. The Kier molecular flexibility index (Phi) is 2.03. The molecule has 1 fully saturated rings. The van der Waals surface area contributed by atoms with Crippen molar-refractivity contribution in [1.29, 1.82) is 0 Å². The lowest BCUT2D eigenvalue weighted by molar-refractivity contribution is -0.137. The van der Waals surface area contributed by atoms with Crippen LogP contribution in [0.2, 0.25) is 0 Å². The fourth-order valence-electron chi connectivity index (χ4n) is 1.54. The minimum atomic E-state index is -4.25. The third-order valence-corrected chi connectivity index (χ3v) is 2.48. The van der Waals surface area contributed by atoms with Crippen LogP contribution in [0.25, 0.3) is 0 Å². The largest absolute Gasteiger partial charge is 0.416 e. The summed E-state index contributed by atoms with van der Waals surface area (Å²) in [6.45, 7) is 0. The maximum atomic E-state index is 12.3. The normalized spacial score (nSPS) is 26.3. The maximum absolute atomic E-state index is 12.3. The highest BCUT2D eigenvalue weighted by Gasteiger charge is 2.37. The van der Waals surface area contributed by atoms with E-state index >= 15 is 0 Å². The quantitative estimate of drug-likeness (QED) is 0.742. The van der Waals surface area contributed by atoms with Crippen molar-refractivity contribution >= 4 is 0 Å². The van der Waals surface area contributed by atoms with Crippen LogP contribution in [0.4, 0.5) is 13.2 Å². The molecular formula is C10H10F3N. The average Bonchev–Trinajstić information content (AvgIpc) is 2.82. The highest BCUT2D eigenvalue weighted by Crippen LogP contribution is 2.40. The molecule has 0 aromatic heterocycles. The topological polar surface area (TPSA) is 26.0 Å². The van der Waals surface area contributed by atoms with E-state index in [1.807, 2.05) is 0 Å². The summed E-state index contributed by atoms with van der Waals surface area (Å²) in [6.07, 6.45) is -3.46. The summed E-state index contributed by atoms with van der Waals surface area (Å²) in [4.78, 5) is 0. The van der Waals surface area contributed by atoms with Gasteiger partial charge in [0.1, 0.15) is 0 Å². The lowest BCUT2D eigenvalue weighted by Gasteiger charge is -2.07. The van der Waals surface area contributed by atoms with Gasteiger partial charge in [-0.2, -0.15) is 13.2 Å². The summed E-state index contributed by atoms with van der Waals surface area (Å²) in [7, 11) is 0. The number of nitrogens with two attached hydrogens (primary N) is 1. The molecule has 0 unspecified atom stereocenters. The van der Waals surface area contributed by atoms with Gasteiger partial charge in [-0.05, 0) is 18.1 Å². The van der Waals surface area contributed by atoms with E-state index in [1.165, 1.54) is 12.1 Å². The molecule has 0 aliphatic heterocycles. The van der Waals surface area contributed by atoms with Gasteiger partial charge in [-0.3, -0.25) is 0 Å². The molecule has 1 aromatic rings. The summed E-state index contributed by atoms with van der Waals surface area (Å²) in [6, 6.07) is 5.45. The number of hydrogen-bond donors (Lipinski definition) is 1. The van der Waals surface area contributed by atoms with Gasteiger partial charge in [-0.15, -0.1) is 0 Å². The van der Waals surface area contributed by atoms with Crippen molar-refractivity contribution in [2.24, 2.45) is 5.73 Å². The molecule has 2 N–H and O–H groups in total. The van der Waals surface area contributed by atoms with Gasteiger partial charge in [-0.25, -0.2) is 0 Å². The van der Waals surface area contributed by atoms with Crippen LogP contribution in [-0.4, -0.2) is 6.04 Å². The zero-order valence-electron chi connectivity index (χ0n) is 7.38. The molecule has 1 nitrogen and oxygen atoms in total. The van der Waals surface area contributed by atoms with Crippen molar-refractivity contribution in [2.75, 3.05) is 0 Å². The Morgan fingerprint density at radius 2 is 1.93 bits per heavy atom. The van der Waals surface area contributed by atoms with E-state index < -0.39 is 11.7 Å². The van der Waals surface area contributed by atoms with E-state index in [0.717, 1.165) is 12.5 Å². The van der Waals surface area contributed by atoms with Crippen molar-refractivity contribution in [1.82, 2.24) is 0 Å². The van der Waals surface area contributed by atoms with Crippen LogP contribution >= 0.6 is 0 Å². The summed E-state index contributed by atoms with van der Waals surface area (Å²) in [5, 5.41) is 0. The molecule has 1 aliphatic rings. The summed E-state index contributed by atoms with van der Waals surface area (Å²) < 4.78 is 37.0. The molecule has 14 heavy (non-hydrogen) atoms. The van der Waals surface area contributed by atoms with E-state index in [0.29, 0.717) is 5.56 Å². The molecule has 1 aromatic carbocycles. The zero-order chi connectivity index (χ0) is 10.3. The Bertz CT molecular complexity index is 345. The third-order valence-electron chi connectivity index (χ3n) is 2.48. The van der Waals surface area contributed by atoms with Crippen LogP contribution in [-0.2, 0) is 6.18 Å². The first-order valence-electron chi connectivity index (χ1n) is 4.41. The van der Waals surface area contributed by atoms with Gasteiger partial charge in [-0.1, -0.05) is 18.2 Å². The summed E-state index contributed by atoms with van der Waals surface area (Å²) >= 11 is 0. The van der Waals surface area contributed by atoms with Gasteiger partial charge in [0.15, 0.2) is 0 Å². The van der Waals surface area contributed by atoms with Crippen LogP contribution in [0, 0.1) is 0 Å². The molecule has 76 valence electrons. The van der Waals surface area contributed by atoms with Crippen LogP contribution in [0.3, 0.4) is 0 Å². The Labute approximate surface area is 79.7 Å². The molecule has 4 heteroatoms. The first kappa shape index (κ1) is 9.52.